The summed E-state index contributed by atoms with van der Waals surface area (Å²) in [7, 11) is 8.26. The fraction of sp³-hybridized carbons (Fsp3) is 0.708. The van der Waals surface area contributed by atoms with Gasteiger partial charge in [-0.25, -0.2) is 4.98 Å². The van der Waals surface area contributed by atoms with E-state index in [0.29, 0.717) is 32.2 Å². The molecule has 2 aromatic rings. The maximum atomic E-state index is 14.6. The number of nitrogens with one attached hydrogen (secondary N) is 3. The largest absolute Gasteiger partial charge is 0.379 e. The molecule has 5 amide bonds. The van der Waals surface area contributed by atoms with Crippen molar-refractivity contribution in [2.75, 3.05) is 41.9 Å². The van der Waals surface area contributed by atoms with E-state index in [1.165, 1.54) is 16.2 Å². The number of likely N-dealkylation sites (N-methyl/N-ethyl adjacent to an activating group) is 3. The van der Waals surface area contributed by atoms with Crippen molar-refractivity contribution in [1.29, 1.82) is 0 Å². The van der Waals surface area contributed by atoms with Gasteiger partial charge in [0.15, 0.2) is 0 Å². The molecule has 0 saturated carbocycles. The smallest absolute Gasteiger partial charge is 0.245 e. The number of hydrogen-bond acceptors (Lipinski definition) is 10. The molecule has 1 fully saturated rings. The van der Waals surface area contributed by atoms with Gasteiger partial charge in [-0.2, -0.15) is 0 Å². The highest BCUT2D eigenvalue weighted by atomic mass is 32.1. The second-order valence-corrected chi connectivity index (χ2v) is 19.5. The fourth-order valence-electron chi connectivity index (χ4n) is 9.16. The minimum Gasteiger partial charge on any atom is -0.379 e. The number of carbonyl (C=O) groups excluding carboxylic acids is 5. The number of benzene rings is 1. The molecule has 14 nitrogen and oxygen atoms in total. The van der Waals surface area contributed by atoms with Crippen LogP contribution in [0.3, 0.4) is 0 Å². The Labute approximate surface area is 382 Å². The molecular formula is C48H79N7O7S. The molecule has 0 radical (unpaired) electrons. The Balaban J connectivity index is 1.81. The number of amides is 5. The van der Waals surface area contributed by atoms with Crippen LogP contribution in [0, 0.1) is 29.6 Å². The Kier molecular flexibility index (Phi) is 21.7. The summed E-state index contributed by atoms with van der Waals surface area (Å²) in [5.41, 5.74) is 1.08. The van der Waals surface area contributed by atoms with Gasteiger partial charge in [0.05, 0.1) is 48.7 Å². The predicted molar refractivity (Wildman–Crippen MR) is 250 cm³/mol. The van der Waals surface area contributed by atoms with Gasteiger partial charge < -0.3 is 40.1 Å². The molecule has 1 aliphatic rings. The first-order valence-electron chi connectivity index (χ1n) is 22.9. The number of carbonyl (C=O) groups is 5. The van der Waals surface area contributed by atoms with Crippen LogP contribution in [0.1, 0.15) is 111 Å². The number of likely N-dealkylation sites (tertiary alicyclic amines) is 1. The fourth-order valence-corrected chi connectivity index (χ4v) is 9.85. The van der Waals surface area contributed by atoms with Gasteiger partial charge in [0.2, 0.25) is 29.5 Å². The molecule has 1 saturated heterocycles. The number of methoxy groups -OCH3 is 2. The van der Waals surface area contributed by atoms with Crippen LogP contribution < -0.4 is 16.0 Å². The number of nitrogens with zero attached hydrogens (tertiary/aromatic N) is 4. The molecule has 10 unspecified atom stereocenters. The Morgan fingerprint density at radius 1 is 0.889 bits per heavy atom. The maximum Gasteiger partial charge on any atom is 0.245 e. The number of rotatable bonds is 25. The molecular weight excluding hydrogens is 819 g/mol. The van der Waals surface area contributed by atoms with Gasteiger partial charge in [-0.1, -0.05) is 99.1 Å². The van der Waals surface area contributed by atoms with Gasteiger partial charge in [-0.15, -0.1) is 11.3 Å². The van der Waals surface area contributed by atoms with Gasteiger partial charge >= 0.3 is 0 Å². The zero-order valence-electron chi connectivity index (χ0n) is 40.6. The zero-order chi connectivity index (χ0) is 47.1. The summed E-state index contributed by atoms with van der Waals surface area (Å²) in [6.07, 6.45) is 3.85. The van der Waals surface area contributed by atoms with Crippen LogP contribution in [0.25, 0.3) is 0 Å². The van der Waals surface area contributed by atoms with Gasteiger partial charge in [0, 0.05) is 46.4 Å². The summed E-state index contributed by atoms with van der Waals surface area (Å²) >= 11 is 1.50. The molecule has 1 aromatic carbocycles. The van der Waals surface area contributed by atoms with E-state index in [4.69, 9.17) is 9.47 Å². The minimum absolute atomic E-state index is 0.00385. The third kappa shape index (κ3) is 14.3. The summed E-state index contributed by atoms with van der Waals surface area (Å²) in [4.78, 5) is 80.2. The van der Waals surface area contributed by atoms with Gasteiger partial charge in [0.25, 0.3) is 0 Å². The van der Waals surface area contributed by atoms with Crippen molar-refractivity contribution in [3.8, 4) is 0 Å². The van der Waals surface area contributed by atoms with E-state index in [1.54, 1.807) is 46.5 Å². The lowest BCUT2D eigenvalue weighted by Crippen LogP contribution is -2.61. The lowest BCUT2D eigenvalue weighted by Gasteiger charge is -2.41. The van der Waals surface area contributed by atoms with Crippen molar-refractivity contribution in [2.45, 2.75) is 149 Å². The Bertz CT molecular complexity index is 1730. The van der Waals surface area contributed by atoms with E-state index in [9.17, 15) is 24.0 Å². The van der Waals surface area contributed by atoms with E-state index in [-0.39, 0.29) is 65.8 Å². The minimum atomic E-state index is -0.899. The SMILES string of the molecule is CCC(C)C(C(CC(=O)N1CCCC1C(OC)C(C)C(=O)NC(Cc1ccccc1)c1nccs1)OC)N(C)C(=O)C(NC(=O)C(C(C)C)N(C)C(=O)C(CC(C)C)NC)C(C)C. The third-order valence-electron chi connectivity index (χ3n) is 12.9. The first-order valence-corrected chi connectivity index (χ1v) is 23.8. The number of thiazole rings is 1. The monoisotopic (exact) mass is 898 g/mol. The molecule has 1 aliphatic heterocycles. The first kappa shape index (κ1) is 53.4. The Morgan fingerprint density at radius 3 is 2.08 bits per heavy atom. The van der Waals surface area contributed by atoms with Crippen molar-refractivity contribution in [3.05, 3.63) is 52.5 Å². The molecule has 63 heavy (non-hydrogen) atoms. The van der Waals surface area contributed by atoms with Crippen LogP contribution in [0.15, 0.2) is 41.9 Å². The van der Waals surface area contributed by atoms with Crippen LogP contribution in [0.5, 0.6) is 0 Å². The van der Waals surface area contributed by atoms with Gasteiger partial charge in [-0.05, 0) is 62.0 Å². The van der Waals surface area contributed by atoms with Crippen molar-refractivity contribution < 1.29 is 33.4 Å². The average Bonchev–Trinajstić information content (AvgIpc) is 3.98. The van der Waals surface area contributed by atoms with E-state index in [1.807, 2.05) is 103 Å². The van der Waals surface area contributed by atoms with Crippen LogP contribution in [-0.2, 0) is 39.9 Å². The first-order chi connectivity index (χ1) is 29.8. The summed E-state index contributed by atoms with van der Waals surface area (Å²) in [5, 5.41) is 12.1. The van der Waals surface area contributed by atoms with E-state index >= 15 is 0 Å². The van der Waals surface area contributed by atoms with Crippen LogP contribution >= 0.6 is 11.3 Å². The Morgan fingerprint density at radius 2 is 1.56 bits per heavy atom. The third-order valence-corrected chi connectivity index (χ3v) is 13.7. The Hall–Kier alpha value is -3.92. The van der Waals surface area contributed by atoms with Crippen LogP contribution in [0.4, 0.5) is 0 Å². The van der Waals surface area contributed by atoms with Crippen molar-refractivity contribution in [3.63, 3.8) is 0 Å². The standard InChI is InChI=1S/C48H79N7O7S/c1-15-32(8)42(54(12)48(60)40(30(4)5)52-45(58)41(31(6)7)53(11)47(59)36(49-10)26-29(2)3)38(61-13)28-39(56)55-24-19-22-37(55)43(62-14)33(9)44(57)51-35(46-50-23-25-63-46)27-34-20-17-16-18-21-34/h16-18,20-21,23,25,29-33,35-38,40-43,49H,15,19,22,24,26-28H2,1-14H3,(H,51,57)(H,52,58). The number of ether oxygens (including phenoxy) is 2. The van der Waals surface area contributed by atoms with Crippen molar-refractivity contribution in [1.82, 2.24) is 35.6 Å². The number of hydrogen-bond donors (Lipinski definition) is 3. The van der Waals surface area contributed by atoms with Gasteiger partial charge in [0.1, 0.15) is 17.1 Å². The average molecular weight is 898 g/mol. The quantitative estimate of drug-likeness (QED) is 0.113. The molecule has 354 valence electrons. The summed E-state index contributed by atoms with van der Waals surface area (Å²) < 4.78 is 12.2. The lowest BCUT2D eigenvalue weighted by atomic mass is 9.89. The molecule has 0 aliphatic carbocycles. The molecule has 2 heterocycles. The highest BCUT2D eigenvalue weighted by molar-refractivity contribution is 7.09. The van der Waals surface area contributed by atoms with E-state index in [0.717, 1.165) is 17.0 Å². The highest BCUT2D eigenvalue weighted by Crippen LogP contribution is 2.31. The molecule has 1 aromatic heterocycles. The van der Waals surface area contributed by atoms with E-state index < -0.39 is 48.2 Å². The molecule has 10 atom stereocenters. The molecule has 0 bridgehead atoms. The summed E-state index contributed by atoms with van der Waals surface area (Å²) in [5.74, 6) is -2.09. The van der Waals surface area contributed by atoms with Crippen molar-refractivity contribution >= 4 is 40.9 Å². The second kappa shape index (κ2) is 25.5. The topological polar surface area (TPSA) is 163 Å². The second-order valence-electron chi connectivity index (χ2n) is 18.5. The van der Waals surface area contributed by atoms with Crippen molar-refractivity contribution in [2.24, 2.45) is 29.6 Å². The van der Waals surface area contributed by atoms with Gasteiger partial charge in [-0.3, -0.25) is 24.0 Å². The highest BCUT2D eigenvalue weighted by Gasteiger charge is 2.44. The summed E-state index contributed by atoms with van der Waals surface area (Å²) in [6.45, 7) is 18.1. The molecule has 3 N–H and O–H groups in total. The molecule has 3 rings (SSSR count). The molecule has 15 heteroatoms. The predicted octanol–water partition coefficient (Wildman–Crippen LogP) is 5.72. The maximum absolute atomic E-state index is 14.6. The normalized spacial score (nSPS) is 18.6. The zero-order valence-corrected chi connectivity index (χ0v) is 41.4. The number of aromatic nitrogens is 1. The van der Waals surface area contributed by atoms with Crippen LogP contribution in [0.2, 0.25) is 0 Å². The summed E-state index contributed by atoms with van der Waals surface area (Å²) in [6, 6.07) is 6.66. The molecule has 0 spiro atoms. The van der Waals surface area contributed by atoms with Crippen LogP contribution in [-0.4, -0.2) is 134 Å². The lowest BCUT2D eigenvalue weighted by molar-refractivity contribution is -0.149. The van der Waals surface area contributed by atoms with E-state index in [2.05, 4.69) is 20.9 Å².